The van der Waals surface area contributed by atoms with E-state index in [-0.39, 0.29) is 41.7 Å². The van der Waals surface area contributed by atoms with E-state index in [1.165, 1.54) is 7.11 Å². The van der Waals surface area contributed by atoms with Crippen LogP contribution in [-0.4, -0.2) is 19.7 Å². The average molecular weight is 138 g/mol. The van der Waals surface area contributed by atoms with E-state index in [1.54, 1.807) is 0 Å². The molecule has 0 aliphatic carbocycles. The molecule has 0 amide bonds. The van der Waals surface area contributed by atoms with Crippen molar-refractivity contribution in [2.24, 2.45) is 0 Å². The summed E-state index contributed by atoms with van der Waals surface area (Å²) in [6, 6.07) is 0. The molecule has 0 aromatic heterocycles. The molecule has 46 valence electrons. The van der Waals surface area contributed by atoms with Gasteiger partial charge in [-0.05, 0) is 5.57 Å². The van der Waals surface area contributed by atoms with Crippen molar-refractivity contribution in [3.63, 3.8) is 0 Å². The number of hydrogen-bond acceptors (Lipinski definition) is 3. The number of methoxy groups -OCH3 is 1. The Hall–Kier alpha value is 0.170. The van der Waals surface area contributed by atoms with Crippen LogP contribution in [0.15, 0.2) is 12.2 Å². The molecule has 0 heterocycles. The first-order valence-electron chi connectivity index (χ1n) is 2.06. The molecule has 0 saturated carbocycles. The van der Waals surface area contributed by atoms with Gasteiger partial charge in [-0.25, -0.2) is 0 Å². The molecular formula is C5H7NaO3. The van der Waals surface area contributed by atoms with Gasteiger partial charge in [0.25, 0.3) is 0 Å². The second-order valence-electron chi connectivity index (χ2n) is 1.32. The number of hydrogen-bond donors (Lipinski definition) is 0. The monoisotopic (exact) mass is 138 g/mol. The Morgan fingerprint density at radius 3 is 2.33 bits per heavy atom. The van der Waals surface area contributed by atoms with Crippen molar-refractivity contribution >= 4 is 5.97 Å². The third kappa shape index (κ3) is 6.05. The van der Waals surface area contributed by atoms with E-state index in [1.807, 2.05) is 0 Å². The molecule has 0 aliphatic rings. The van der Waals surface area contributed by atoms with Gasteiger partial charge in [0.2, 0.25) is 0 Å². The largest absolute Gasteiger partial charge is 1.00 e. The van der Waals surface area contributed by atoms with Crippen LogP contribution in [0.1, 0.15) is 0 Å². The summed E-state index contributed by atoms with van der Waals surface area (Å²) < 4.78 is 4.44. The predicted octanol–water partition coefficient (Wildman–Crippen LogP) is -4.06. The van der Waals surface area contributed by atoms with E-state index in [2.05, 4.69) is 11.3 Å². The van der Waals surface area contributed by atoms with Gasteiger partial charge in [-0.1, -0.05) is 6.58 Å². The van der Waals surface area contributed by atoms with Crippen molar-refractivity contribution in [3.05, 3.63) is 12.2 Å². The van der Waals surface area contributed by atoms with Crippen LogP contribution in [0.3, 0.4) is 0 Å². The van der Waals surface area contributed by atoms with Crippen LogP contribution in [0.5, 0.6) is 0 Å². The minimum atomic E-state index is -1.26. The van der Waals surface area contributed by atoms with E-state index in [0.29, 0.717) is 0 Å². The summed E-state index contributed by atoms with van der Waals surface area (Å²) in [7, 11) is 1.40. The number of carbonyl (C=O) groups is 1. The molecule has 0 fully saturated rings. The summed E-state index contributed by atoms with van der Waals surface area (Å²) in [6.45, 7) is 3.19. The van der Waals surface area contributed by atoms with Crippen LogP contribution < -0.4 is 34.7 Å². The molecule has 0 N–H and O–H groups in total. The Morgan fingerprint density at radius 1 is 1.78 bits per heavy atom. The molecule has 0 spiro atoms. The second kappa shape index (κ2) is 6.29. The zero-order valence-electron chi connectivity index (χ0n) is 5.64. The van der Waals surface area contributed by atoms with Crippen molar-refractivity contribution < 1.29 is 44.2 Å². The van der Waals surface area contributed by atoms with Crippen molar-refractivity contribution in [1.82, 2.24) is 0 Å². The van der Waals surface area contributed by atoms with Crippen LogP contribution in [0.25, 0.3) is 0 Å². The fourth-order valence-electron chi connectivity index (χ4n) is 0.233. The topological polar surface area (TPSA) is 49.4 Å². The molecule has 3 nitrogen and oxygen atoms in total. The van der Waals surface area contributed by atoms with E-state index in [4.69, 9.17) is 0 Å². The molecule has 0 saturated heterocycles. The number of carbonyl (C=O) groups excluding carboxylic acids is 1. The number of ether oxygens (including phenoxy) is 1. The third-order valence-electron chi connectivity index (χ3n) is 0.607. The number of rotatable bonds is 3. The SMILES string of the molecule is C=C(COC)C(=O)[O-].[Na+]. The van der Waals surface area contributed by atoms with Gasteiger partial charge in [-0.15, -0.1) is 0 Å². The number of aliphatic carboxylic acids is 1. The van der Waals surface area contributed by atoms with Gasteiger partial charge in [0.15, 0.2) is 0 Å². The average Bonchev–Trinajstić information content (AvgIpc) is 1.67. The summed E-state index contributed by atoms with van der Waals surface area (Å²) in [5.74, 6) is -1.26. The van der Waals surface area contributed by atoms with Crippen LogP contribution in [-0.2, 0) is 9.53 Å². The zero-order valence-corrected chi connectivity index (χ0v) is 7.64. The van der Waals surface area contributed by atoms with Crippen molar-refractivity contribution in [2.45, 2.75) is 0 Å². The first-order chi connectivity index (χ1) is 3.68. The summed E-state index contributed by atoms with van der Waals surface area (Å²) in [5.41, 5.74) is -0.0347. The first kappa shape index (κ1) is 11.9. The molecule has 0 unspecified atom stereocenters. The van der Waals surface area contributed by atoms with Gasteiger partial charge in [-0.3, -0.25) is 0 Å². The standard InChI is InChI=1S/C5H8O3.Na/c1-4(3-8-2)5(6)7;/h1,3H2,2H3,(H,6,7);/q;+1/p-1. The maximum atomic E-state index is 9.80. The Morgan fingerprint density at radius 2 is 2.22 bits per heavy atom. The summed E-state index contributed by atoms with van der Waals surface area (Å²) in [5, 5.41) is 9.80. The van der Waals surface area contributed by atoms with Crippen LogP contribution in [0, 0.1) is 0 Å². The minimum Gasteiger partial charge on any atom is -0.545 e. The van der Waals surface area contributed by atoms with Crippen LogP contribution in [0.4, 0.5) is 0 Å². The van der Waals surface area contributed by atoms with Crippen LogP contribution in [0.2, 0.25) is 0 Å². The van der Waals surface area contributed by atoms with Crippen LogP contribution >= 0.6 is 0 Å². The first-order valence-corrected chi connectivity index (χ1v) is 2.06. The van der Waals surface area contributed by atoms with Gasteiger partial charge < -0.3 is 14.6 Å². The summed E-state index contributed by atoms with van der Waals surface area (Å²) in [4.78, 5) is 9.80. The Bertz CT molecular complexity index is 111. The normalized spacial score (nSPS) is 7.67. The molecule has 0 aromatic carbocycles. The fourth-order valence-corrected chi connectivity index (χ4v) is 0.233. The van der Waals surface area contributed by atoms with Gasteiger partial charge in [-0.2, -0.15) is 0 Å². The van der Waals surface area contributed by atoms with Gasteiger partial charge in [0.1, 0.15) is 0 Å². The van der Waals surface area contributed by atoms with E-state index in [0.717, 1.165) is 0 Å². The Kier molecular flexibility index (Phi) is 8.32. The van der Waals surface area contributed by atoms with E-state index in [9.17, 15) is 9.90 Å². The Labute approximate surface area is 76.0 Å². The number of carboxylic acid groups (broad SMARTS) is 1. The summed E-state index contributed by atoms with van der Waals surface area (Å²) in [6.07, 6.45) is 0. The molecule has 0 rings (SSSR count). The summed E-state index contributed by atoms with van der Waals surface area (Å²) >= 11 is 0. The van der Waals surface area contributed by atoms with Gasteiger partial charge >= 0.3 is 29.6 Å². The van der Waals surface area contributed by atoms with Gasteiger partial charge in [0.05, 0.1) is 12.6 Å². The fraction of sp³-hybridized carbons (Fsp3) is 0.400. The maximum absolute atomic E-state index is 9.80. The predicted molar refractivity (Wildman–Crippen MR) is 26.0 cm³/mol. The Balaban J connectivity index is 0. The smallest absolute Gasteiger partial charge is 0.545 e. The molecule has 0 aromatic rings. The van der Waals surface area contributed by atoms with E-state index >= 15 is 0 Å². The minimum absolute atomic E-state index is 0. The van der Waals surface area contributed by atoms with Crippen molar-refractivity contribution in [2.75, 3.05) is 13.7 Å². The zero-order chi connectivity index (χ0) is 6.57. The van der Waals surface area contributed by atoms with Gasteiger partial charge in [0, 0.05) is 7.11 Å². The molecule has 9 heavy (non-hydrogen) atoms. The van der Waals surface area contributed by atoms with E-state index < -0.39 is 5.97 Å². The quantitative estimate of drug-likeness (QED) is 0.294. The molecule has 0 aliphatic heterocycles. The van der Waals surface area contributed by atoms with Crippen molar-refractivity contribution in [3.8, 4) is 0 Å². The molecule has 4 heteroatoms. The molecule has 0 radical (unpaired) electrons. The maximum Gasteiger partial charge on any atom is 1.00 e. The van der Waals surface area contributed by atoms with Crippen molar-refractivity contribution in [1.29, 1.82) is 0 Å². The molecule has 0 bridgehead atoms. The second-order valence-corrected chi connectivity index (χ2v) is 1.32. The third-order valence-corrected chi connectivity index (χ3v) is 0.607. The number of carboxylic acids is 1. The molecular weight excluding hydrogens is 131 g/mol. The molecule has 0 atom stereocenters.